The molecular weight excluding hydrogens is 300 g/mol. The lowest BCUT2D eigenvalue weighted by molar-refractivity contribution is 0.482. The van der Waals surface area contributed by atoms with Gasteiger partial charge in [-0.1, -0.05) is 12.1 Å². The zero-order chi connectivity index (χ0) is 16.9. The van der Waals surface area contributed by atoms with Crippen molar-refractivity contribution in [2.45, 2.75) is 6.92 Å². The van der Waals surface area contributed by atoms with E-state index in [0.29, 0.717) is 17.1 Å². The number of benzene rings is 2. The lowest BCUT2D eigenvalue weighted by Gasteiger charge is -2.10. The number of hydrogen-bond acceptors (Lipinski definition) is 5. The van der Waals surface area contributed by atoms with Crippen molar-refractivity contribution in [2.75, 3.05) is 12.4 Å². The minimum atomic E-state index is 0.363. The quantitative estimate of drug-likeness (QED) is 0.697. The molecule has 3 aromatic rings. The number of hydrogen-bond donors (Lipinski definition) is 2. The Kier molecular flexibility index (Phi) is 4.52. The Morgan fingerprint density at radius 3 is 2.58 bits per heavy atom. The van der Waals surface area contributed by atoms with Gasteiger partial charge < -0.3 is 10.1 Å². The summed E-state index contributed by atoms with van der Waals surface area (Å²) >= 11 is 0. The molecule has 120 valence electrons. The van der Waals surface area contributed by atoms with Crippen LogP contribution >= 0.6 is 0 Å². The smallest absolute Gasteiger partial charge is 0.138 e. The van der Waals surface area contributed by atoms with E-state index in [-0.39, 0.29) is 0 Å². The highest BCUT2D eigenvalue weighted by Gasteiger charge is 2.11. The Morgan fingerprint density at radius 2 is 1.88 bits per heavy atom. The Hall–Kier alpha value is -3.21. The van der Waals surface area contributed by atoms with Gasteiger partial charge in [0.15, 0.2) is 0 Å². The molecule has 0 amide bonds. The van der Waals surface area contributed by atoms with Crippen LogP contribution in [0.5, 0.6) is 11.5 Å². The Balaban J connectivity index is 1.80. The van der Waals surface area contributed by atoms with E-state index in [1.54, 1.807) is 13.2 Å². The summed E-state index contributed by atoms with van der Waals surface area (Å²) in [5, 5.41) is 11.4. The van der Waals surface area contributed by atoms with Crippen LogP contribution in [0.25, 0.3) is 0 Å². The van der Waals surface area contributed by atoms with Crippen LogP contribution in [0.3, 0.4) is 0 Å². The molecule has 0 aliphatic heterocycles. The molecule has 5 nitrogen and oxygen atoms in total. The standard InChI is InChI=1S/C19H18N4O/c1-13-4-3-5-16(10-13)24-15-8-6-14(7-9-15)18(20)17-11-22-12-23-19(17)21-2/h3-12,20H,1-2H3,(H,21,22,23). The van der Waals surface area contributed by atoms with Gasteiger partial charge in [-0.05, 0) is 48.9 Å². The number of rotatable bonds is 5. The maximum atomic E-state index is 8.37. The number of aryl methyl sites for hydroxylation is 1. The van der Waals surface area contributed by atoms with Gasteiger partial charge in [-0.25, -0.2) is 9.97 Å². The van der Waals surface area contributed by atoms with E-state index >= 15 is 0 Å². The summed E-state index contributed by atoms with van der Waals surface area (Å²) in [6.45, 7) is 2.03. The molecule has 0 saturated heterocycles. The maximum absolute atomic E-state index is 8.37. The van der Waals surface area contributed by atoms with Crippen molar-refractivity contribution in [3.8, 4) is 11.5 Å². The van der Waals surface area contributed by atoms with E-state index in [0.717, 1.165) is 22.6 Å². The molecular formula is C19H18N4O. The second kappa shape index (κ2) is 6.91. The third kappa shape index (κ3) is 3.41. The molecule has 3 rings (SSSR count). The van der Waals surface area contributed by atoms with Gasteiger partial charge in [-0.15, -0.1) is 0 Å². The highest BCUT2D eigenvalue weighted by molar-refractivity contribution is 6.13. The molecule has 0 bridgehead atoms. The van der Waals surface area contributed by atoms with Crippen molar-refractivity contribution >= 4 is 11.5 Å². The third-order valence-electron chi connectivity index (χ3n) is 3.59. The molecule has 0 atom stereocenters. The van der Waals surface area contributed by atoms with Gasteiger partial charge in [-0.3, -0.25) is 5.41 Å². The van der Waals surface area contributed by atoms with E-state index in [1.807, 2.05) is 55.5 Å². The largest absolute Gasteiger partial charge is 0.457 e. The van der Waals surface area contributed by atoms with Crippen LogP contribution < -0.4 is 10.1 Å². The van der Waals surface area contributed by atoms with Crippen LogP contribution in [0.2, 0.25) is 0 Å². The first-order chi connectivity index (χ1) is 11.7. The van der Waals surface area contributed by atoms with Crippen LogP contribution in [0, 0.1) is 12.3 Å². The molecule has 0 aliphatic rings. The molecule has 2 N–H and O–H groups in total. The molecule has 1 aromatic heterocycles. The molecule has 24 heavy (non-hydrogen) atoms. The fraction of sp³-hybridized carbons (Fsp3) is 0.105. The molecule has 0 saturated carbocycles. The maximum Gasteiger partial charge on any atom is 0.138 e. The molecule has 0 unspecified atom stereocenters. The molecule has 0 fully saturated rings. The lowest BCUT2D eigenvalue weighted by atomic mass is 10.0. The third-order valence-corrected chi connectivity index (χ3v) is 3.59. The number of ether oxygens (including phenoxy) is 1. The summed E-state index contributed by atoms with van der Waals surface area (Å²) in [6.07, 6.45) is 3.10. The zero-order valence-corrected chi connectivity index (χ0v) is 13.6. The topological polar surface area (TPSA) is 70.9 Å². The first-order valence-electron chi connectivity index (χ1n) is 7.59. The van der Waals surface area contributed by atoms with Gasteiger partial charge in [0.05, 0.1) is 11.3 Å². The van der Waals surface area contributed by atoms with E-state index < -0.39 is 0 Å². The van der Waals surface area contributed by atoms with Crippen LogP contribution in [-0.4, -0.2) is 22.7 Å². The van der Waals surface area contributed by atoms with Crippen molar-refractivity contribution in [3.63, 3.8) is 0 Å². The molecule has 2 aromatic carbocycles. The molecule has 0 radical (unpaired) electrons. The van der Waals surface area contributed by atoms with Crippen LogP contribution in [0.4, 0.5) is 5.82 Å². The Morgan fingerprint density at radius 1 is 1.08 bits per heavy atom. The van der Waals surface area contributed by atoms with Gasteiger partial charge in [0.25, 0.3) is 0 Å². The predicted molar refractivity (Wildman–Crippen MR) is 95.2 cm³/mol. The SMILES string of the molecule is CNc1ncncc1C(=N)c1ccc(Oc2cccc(C)c2)cc1. The van der Waals surface area contributed by atoms with E-state index in [9.17, 15) is 0 Å². The van der Waals surface area contributed by atoms with Crippen molar-refractivity contribution < 1.29 is 4.74 Å². The van der Waals surface area contributed by atoms with Gasteiger partial charge in [0, 0.05) is 18.8 Å². The molecule has 0 spiro atoms. The fourth-order valence-corrected chi connectivity index (χ4v) is 2.37. The highest BCUT2D eigenvalue weighted by Crippen LogP contribution is 2.23. The van der Waals surface area contributed by atoms with Crippen LogP contribution in [0.1, 0.15) is 16.7 Å². The zero-order valence-electron chi connectivity index (χ0n) is 13.6. The second-order valence-corrected chi connectivity index (χ2v) is 5.35. The van der Waals surface area contributed by atoms with Gasteiger partial charge >= 0.3 is 0 Å². The second-order valence-electron chi connectivity index (χ2n) is 5.35. The molecule has 5 heteroatoms. The van der Waals surface area contributed by atoms with Gasteiger partial charge in [0.1, 0.15) is 23.6 Å². The molecule has 0 aliphatic carbocycles. The molecule has 1 heterocycles. The summed E-state index contributed by atoms with van der Waals surface area (Å²) < 4.78 is 5.84. The van der Waals surface area contributed by atoms with Gasteiger partial charge in [-0.2, -0.15) is 0 Å². The van der Waals surface area contributed by atoms with Crippen LogP contribution in [-0.2, 0) is 0 Å². The summed E-state index contributed by atoms with van der Waals surface area (Å²) in [5.74, 6) is 2.16. The van der Waals surface area contributed by atoms with E-state index in [4.69, 9.17) is 10.1 Å². The number of anilines is 1. The summed E-state index contributed by atoms with van der Waals surface area (Å²) in [5.41, 5.74) is 2.95. The van der Waals surface area contributed by atoms with Crippen molar-refractivity contribution in [2.24, 2.45) is 0 Å². The van der Waals surface area contributed by atoms with Gasteiger partial charge in [0.2, 0.25) is 0 Å². The predicted octanol–water partition coefficient (Wildman–Crippen LogP) is 4.04. The first-order valence-corrected chi connectivity index (χ1v) is 7.59. The number of nitrogens with zero attached hydrogens (tertiary/aromatic N) is 2. The minimum absolute atomic E-state index is 0.363. The average Bonchev–Trinajstić information content (AvgIpc) is 2.62. The number of aromatic nitrogens is 2. The Labute approximate surface area is 140 Å². The highest BCUT2D eigenvalue weighted by atomic mass is 16.5. The summed E-state index contributed by atoms with van der Waals surface area (Å²) in [6, 6.07) is 15.3. The summed E-state index contributed by atoms with van der Waals surface area (Å²) in [7, 11) is 1.78. The number of nitrogens with one attached hydrogen (secondary N) is 2. The summed E-state index contributed by atoms with van der Waals surface area (Å²) in [4.78, 5) is 8.14. The van der Waals surface area contributed by atoms with Crippen molar-refractivity contribution in [3.05, 3.63) is 77.7 Å². The normalized spacial score (nSPS) is 10.2. The lowest BCUT2D eigenvalue weighted by Crippen LogP contribution is -2.07. The average molecular weight is 318 g/mol. The van der Waals surface area contributed by atoms with E-state index in [2.05, 4.69) is 15.3 Å². The van der Waals surface area contributed by atoms with E-state index in [1.165, 1.54) is 6.33 Å². The first kappa shape index (κ1) is 15.7. The van der Waals surface area contributed by atoms with Crippen molar-refractivity contribution in [1.82, 2.24) is 9.97 Å². The Bertz CT molecular complexity index is 859. The monoisotopic (exact) mass is 318 g/mol. The fourth-order valence-electron chi connectivity index (χ4n) is 2.37. The minimum Gasteiger partial charge on any atom is -0.457 e. The van der Waals surface area contributed by atoms with Crippen molar-refractivity contribution in [1.29, 1.82) is 5.41 Å². The van der Waals surface area contributed by atoms with Crippen LogP contribution in [0.15, 0.2) is 61.1 Å².